The Morgan fingerprint density at radius 2 is 1.53 bits per heavy atom. The number of hydrogen-bond acceptors (Lipinski definition) is 4. The van der Waals surface area contributed by atoms with Crippen LogP contribution in [0, 0.1) is 23.7 Å². The van der Waals surface area contributed by atoms with E-state index in [-0.39, 0.29) is 51.1 Å². The average molecular weight is 541 g/mol. The number of carbonyl (C=O) groups is 3. The molecular weight excluding hydrogens is 514 g/mol. The van der Waals surface area contributed by atoms with E-state index in [4.69, 9.17) is 4.74 Å². The number of ether oxygens (including phenoxy) is 1. The zero-order valence-corrected chi connectivity index (χ0v) is 20.2. The van der Waals surface area contributed by atoms with Gasteiger partial charge in [-0.1, -0.05) is 64.5 Å². The van der Waals surface area contributed by atoms with E-state index < -0.39 is 0 Å². The van der Waals surface area contributed by atoms with E-state index in [9.17, 15) is 14.4 Å². The summed E-state index contributed by atoms with van der Waals surface area (Å²) in [5, 5.41) is 0. The fourth-order valence-electron chi connectivity index (χ4n) is 5.32. The number of anilines is 1. The maximum Gasteiger partial charge on any atom is 0.311 e. The number of hydrogen-bond donors (Lipinski definition) is 0. The number of amides is 2. The van der Waals surface area contributed by atoms with Crippen molar-refractivity contribution in [3.63, 3.8) is 0 Å². The van der Waals surface area contributed by atoms with Gasteiger partial charge in [-0.3, -0.25) is 19.3 Å². The van der Waals surface area contributed by atoms with Crippen LogP contribution < -0.4 is 9.64 Å². The standard InChI is InChI=1S/C23H27Br2NO4/c1-2-3-4-5-6-7-17(27)30-14-10-8-13(9-11-14)26-22(28)18-15-12-16(19(18)23(26)29)21(25)20(15)24/h8-11,15-16,18-21H,2-7,12H2,1H3/t15-,16-,18-,19+,20-,21+/m1/s1. The molecule has 5 nitrogen and oxygen atoms in total. The van der Waals surface area contributed by atoms with Crippen molar-refractivity contribution in [1.82, 2.24) is 0 Å². The van der Waals surface area contributed by atoms with Gasteiger partial charge in [-0.15, -0.1) is 0 Å². The number of alkyl halides is 2. The van der Waals surface area contributed by atoms with Crippen LogP contribution in [0.4, 0.5) is 5.69 Å². The summed E-state index contributed by atoms with van der Waals surface area (Å²) in [6.07, 6.45) is 6.71. The lowest BCUT2D eigenvalue weighted by Gasteiger charge is -2.28. The minimum absolute atomic E-state index is 0.0989. The Kier molecular flexibility index (Phi) is 6.68. The van der Waals surface area contributed by atoms with Crippen LogP contribution in [0.1, 0.15) is 51.9 Å². The first kappa shape index (κ1) is 22.0. The fraction of sp³-hybridized carbons (Fsp3) is 0.609. The summed E-state index contributed by atoms with van der Waals surface area (Å²) < 4.78 is 5.40. The maximum absolute atomic E-state index is 13.1. The molecule has 162 valence electrons. The molecule has 1 aromatic rings. The predicted molar refractivity (Wildman–Crippen MR) is 122 cm³/mol. The monoisotopic (exact) mass is 539 g/mol. The third-order valence-corrected chi connectivity index (χ3v) is 10.0. The van der Waals surface area contributed by atoms with Crippen molar-refractivity contribution in [2.45, 2.75) is 61.5 Å². The number of rotatable bonds is 8. The lowest BCUT2D eigenvalue weighted by molar-refractivity contribution is -0.134. The SMILES string of the molecule is CCCCCCCC(=O)Oc1ccc(N2C(=O)[C@@H]3[C@H]4C[C@@H]([C@H](Br)[C@@H]4Br)[C@@H]3C2=O)cc1. The van der Waals surface area contributed by atoms with Crippen LogP contribution in [0.15, 0.2) is 24.3 Å². The van der Waals surface area contributed by atoms with Crippen molar-refractivity contribution in [2.24, 2.45) is 23.7 Å². The van der Waals surface area contributed by atoms with Gasteiger partial charge < -0.3 is 4.74 Å². The number of halogens is 2. The van der Waals surface area contributed by atoms with Gasteiger partial charge in [-0.25, -0.2) is 0 Å². The summed E-state index contributed by atoms with van der Waals surface area (Å²) in [5.41, 5.74) is 0.551. The summed E-state index contributed by atoms with van der Waals surface area (Å²) in [5.74, 6) is -0.0667. The molecule has 2 amide bonds. The van der Waals surface area contributed by atoms with Crippen molar-refractivity contribution in [3.8, 4) is 5.75 Å². The molecule has 2 bridgehead atoms. The number of carbonyl (C=O) groups excluding carboxylic acids is 3. The second-order valence-electron chi connectivity index (χ2n) is 8.65. The molecule has 2 saturated carbocycles. The number of benzene rings is 1. The first-order valence-electron chi connectivity index (χ1n) is 10.9. The quantitative estimate of drug-likeness (QED) is 0.149. The molecule has 3 fully saturated rings. The van der Waals surface area contributed by atoms with Gasteiger partial charge in [0.2, 0.25) is 11.8 Å². The van der Waals surface area contributed by atoms with E-state index in [1.165, 1.54) is 17.7 Å². The topological polar surface area (TPSA) is 63.7 Å². The summed E-state index contributed by atoms with van der Waals surface area (Å²) in [4.78, 5) is 40.0. The van der Waals surface area contributed by atoms with Gasteiger partial charge >= 0.3 is 5.97 Å². The highest BCUT2D eigenvalue weighted by Crippen LogP contribution is 2.60. The largest absolute Gasteiger partial charge is 0.427 e. The van der Waals surface area contributed by atoms with Crippen LogP contribution >= 0.6 is 31.9 Å². The van der Waals surface area contributed by atoms with Crippen LogP contribution in [-0.4, -0.2) is 27.4 Å². The Balaban J connectivity index is 1.37. The third kappa shape index (κ3) is 3.88. The molecule has 0 spiro atoms. The number of nitrogens with zero attached hydrogens (tertiary/aromatic N) is 1. The molecule has 0 unspecified atom stereocenters. The molecule has 3 aliphatic rings. The Morgan fingerprint density at radius 3 is 2.10 bits per heavy atom. The molecule has 1 saturated heterocycles. The van der Waals surface area contributed by atoms with Crippen LogP contribution in [0.5, 0.6) is 5.75 Å². The Labute approximate surface area is 194 Å². The van der Waals surface area contributed by atoms with Crippen molar-refractivity contribution >= 4 is 55.3 Å². The lowest BCUT2D eigenvalue weighted by Crippen LogP contribution is -2.37. The number of fused-ring (bicyclic) bond motifs is 5. The Bertz CT molecular complexity index is 795. The van der Waals surface area contributed by atoms with E-state index in [2.05, 4.69) is 38.8 Å². The molecular formula is C23H27Br2NO4. The van der Waals surface area contributed by atoms with Gasteiger partial charge in [0.15, 0.2) is 0 Å². The second kappa shape index (κ2) is 9.11. The highest BCUT2D eigenvalue weighted by atomic mass is 79.9. The predicted octanol–water partition coefficient (Wildman–Crippen LogP) is 5.23. The number of unbranched alkanes of at least 4 members (excludes halogenated alkanes) is 4. The zero-order chi connectivity index (χ0) is 21.4. The molecule has 1 aliphatic heterocycles. The van der Waals surface area contributed by atoms with Crippen molar-refractivity contribution in [3.05, 3.63) is 24.3 Å². The first-order chi connectivity index (χ1) is 14.4. The highest BCUT2D eigenvalue weighted by Gasteiger charge is 2.66. The summed E-state index contributed by atoms with van der Waals surface area (Å²) in [6, 6.07) is 6.71. The lowest BCUT2D eigenvalue weighted by atomic mass is 9.81. The van der Waals surface area contributed by atoms with Gasteiger partial charge in [0.25, 0.3) is 0 Å². The number of imide groups is 1. The van der Waals surface area contributed by atoms with Crippen LogP contribution in [0.3, 0.4) is 0 Å². The molecule has 0 radical (unpaired) electrons. The second-order valence-corrected chi connectivity index (χ2v) is 10.8. The van der Waals surface area contributed by atoms with E-state index in [1.807, 2.05) is 0 Å². The molecule has 6 atom stereocenters. The van der Waals surface area contributed by atoms with Crippen molar-refractivity contribution < 1.29 is 19.1 Å². The molecule has 30 heavy (non-hydrogen) atoms. The van der Waals surface area contributed by atoms with Crippen LogP contribution in [0.2, 0.25) is 0 Å². The summed E-state index contributed by atoms with van der Waals surface area (Å²) in [6.45, 7) is 2.16. The average Bonchev–Trinajstić information content (AvgIpc) is 3.33. The smallest absolute Gasteiger partial charge is 0.311 e. The Morgan fingerprint density at radius 1 is 0.967 bits per heavy atom. The Hall–Kier alpha value is -1.21. The van der Waals surface area contributed by atoms with E-state index in [0.29, 0.717) is 17.9 Å². The van der Waals surface area contributed by atoms with E-state index in [0.717, 1.165) is 25.7 Å². The maximum atomic E-state index is 13.1. The van der Waals surface area contributed by atoms with Crippen LogP contribution in [0.25, 0.3) is 0 Å². The van der Waals surface area contributed by atoms with Gasteiger partial charge in [0, 0.05) is 16.1 Å². The fourth-order valence-corrected chi connectivity index (χ4v) is 7.20. The van der Waals surface area contributed by atoms with Crippen LogP contribution in [-0.2, 0) is 14.4 Å². The third-order valence-electron chi connectivity index (χ3n) is 6.80. The molecule has 1 aromatic carbocycles. The normalized spacial score (nSPS) is 32.0. The van der Waals surface area contributed by atoms with E-state index >= 15 is 0 Å². The number of esters is 1. The summed E-state index contributed by atoms with van der Waals surface area (Å²) in [7, 11) is 0. The van der Waals surface area contributed by atoms with E-state index in [1.54, 1.807) is 24.3 Å². The highest BCUT2D eigenvalue weighted by molar-refractivity contribution is 9.12. The molecule has 7 heteroatoms. The van der Waals surface area contributed by atoms with Gasteiger partial charge in [-0.05, 0) is 48.9 Å². The molecule has 0 aromatic heterocycles. The minimum Gasteiger partial charge on any atom is -0.427 e. The van der Waals surface area contributed by atoms with Gasteiger partial charge in [0.05, 0.1) is 17.5 Å². The van der Waals surface area contributed by atoms with Gasteiger partial charge in [0.1, 0.15) is 5.75 Å². The van der Waals surface area contributed by atoms with Crippen molar-refractivity contribution in [1.29, 1.82) is 0 Å². The van der Waals surface area contributed by atoms with Crippen molar-refractivity contribution in [2.75, 3.05) is 4.90 Å². The van der Waals surface area contributed by atoms with Gasteiger partial charge in [-0.2, -0.15) is 0 Å². The molecule has 1 heterocycles. The molecule has 0 N–H and O–H groups in total. The molecule has 4 rings (SSSR count). The molecule has 2 aliphatic carbocycles. The zero-order valence-electron chi connectivity index (χ0n) is 17.1. The first-order valence-corrected chi connectivity index (χ1v) is 12.7. The minimum atomic E-state index is -0.245. The summed E-state index contributed by atoms with van der Waals surface area (Å²) >= 11 is 7.41.